The third kappa shape index (κ3) is 3.36. The molecule has 0 amide bonds. The summed E-state index contributed by atoms with van der Waals surface area (Å²) in [6.07, 6.45) is 6.56. The SMILES string of the molecule is CC1=C(N[C@@H](C)c2ccccc2)CCCCC1. The highest BCUT2D eigenvalue weighted by atomic mass is 14.9. The second kappa shape index (κ2) is 5.90. The van der Waals surface area contributed by atoms with Crippen molar-refractivity contribution >= 4 is 0 Å². The molecule has 0 fully saturated rings. The second-order valence-electron chi connectivity index (χ2n) is 5.10. The molecule has 1 heteroatoms. The summed E-state index contributed by atoms with van der Waals surface area (Å²) in [4.78, 5) is 0. The van der Waals surface area contributed by atoms with E-state index in [9.17, 15) is 0 Å². The molecule has 0 saturated carbocycles. The minimum absolute atomic E-state index is 0.416. The molecule has 1 aliphatic carbocycles. The molecular weight excluding hydrogens is 206 g/mol. The second-order valence-corrected chi connectivity index (χ2v) is 5.10. The van der Waals surface area contributed by atoms with Crippen LogP contribution in [0.25, 0.3) is 0 Å². The van der Waals surface area contributed by atoms with E-state index in [0.29, 0.717) is 6.04 Å². The zero-order valence-electron chi connectivity index (χ0n) is 11.0. The minimum atomic E-state index is 0.416. The zero-order valence-corrected chi connectivity index (χ0v) is 11.0. The summed E-state index contributed by atoms with van der Waals surface area (Å²) in [5.41, 5.74) is 4.42. The van der Waals surface area contributed by atoms with Crippen molar-refractivity contribution in [2.75, 3.05) is 0 Å². The van der Waals surface area contributed by atoms with Crippen LogP contribution < -0.4 is 5.32 Å². The average molecular weight is 229 g/mol. The van der Waals surface area contributed by atoms with Gasteiger partial charge >= 0.3 is 0 Å². The highest BCUT2D eigenvalue weighted by Crippen LogP contribution is 2.24. The predicted molar refractivity (Wildman–Crippen MR) is 73.8 cm³/mol. The lowest BCUT2D eigenvalue weighted by molar-refractivity contribution is 0.611. The number of allylic oxidation sites excluding steroid dienone is 2. The van der Waals surface area contributed by atoms with Crippen LogP contribution in [0.3, 0.4) is 0 Å². The molecule has 0 saturated heterocycles. The molecule has 92 valence electrons. The number of rotatable bonds is 3. The van der Waals surface area contributed by atoms with Gasteiger partial charge in [-0.15, -0.1) is 0 Å². The third-order valence-electron chi connectivity index (χ3n) is 3.68. The largest absolute Gasteiger partial charge is 0.382 e. The molecule has 17 heavy (non-hydrogen) atoms. The Balaban J connectivity index is 2.05. The summed E-state index contributed by atoms with van der Waals surface area (Å²) < 4.78 is 0. The quantitative estimate of drug-likeness (QED) is 0.800. The van der Waals surface area contributed by atoms with Crippen molar-refractivity contribution in [2.24, 2.45) is 0 Å². The van der Waals surface area contributed by atoms with Gasteiger partial charge in [-0.05, 0) is 45.1 Å². The van der Waals surface area contributed by atoms with Gasteiger partial charge in [-0.1, -0.05) is 42.3 Å². The lowest BCUT2D eigenvalue weighted by Gasteiger charge is -2.19. The monoisotopic (exact) mass is 229 g/mol. The zero-order chi connectivity index (χ0) is 12.1. The van der Waals surface area contributed by atoms with Crippen LogP contribution >= 0.6 is 0 Å². The van der Waals surface area contributed by atoms with Crippen LogP contribution in [-0.2, 0) is 0 Å². The first kappa shape index (κ1) is 12.2. The fraction of sp³-hybridized carbons (Fsp3) is 0.500. The highest BCUT2D eigenvalue weighted by molar-refractivity contribution is 5.21. The Hall–Kier alpha value is -1.24. The topological polar surface area (TPSA) is 12.0 Å². The molecule has 1 aromatic rings. The van der Waals surface area contributed by atoms with E-state index < -0.39 is 0 Å². The van der Waals surface area contributed by atoms with Crippen molar-refractivity contribution < 1.29 is 0 Å². The molecule has 1 aromatic carbocycles. The first-order valence-corrected chi connectivity index (χ1v) is 6.77. The molecule has 1 aliphatic rings. The average Bonchev–Trinajstić information content (AvgIpc) is 2.56. The normalized spacial score (nSPS) is 18.7. The van der Waals surface area contributed by atoms with Crippen molar-refractivity contribution in [1.82, 2.24) is 5.32 Å². The highest BCUT2D eigenvalue weighted by Gasteiger charge is 2.11. The number of benzene rings is 1. The van der Waals surface area contributed by atoms with Crippen LogP contribution in [0.4, 0.5) is 0 Å². The van der Waals surface area contributed by atoms with Crippen molar-refractivity contribution in [1.29, 1.82) is 0 Å². The fourth-order valence-corrected chi connectivity index (χ4v) is 2.51. The van der Waals surface area contributed by atoms with Crippen molar-refractivity contribution in [3.8, 4) is 0 Å². The molecule has 0 unspecified atom stereocenters. The molecule has 0 spiro atoms. The van der Waals surface area contributed by atoms with Crippen LogP contribution in [0, 0.1) is 0 Å². The summed E-state index contributed by atoms with van der Waals surface area (Å²) >= 11 is 0. The molecule has 2 rings (SSSR count). The first-order chi connectivity index (χ1) is 8.27. The Labute approximate surface area is 105 Å². The summed E-state index contributed by atoms with van der Waals surface area (Å²) in [6.45, 7) is 4.53. The van der Waals surface area contributed by atoms with Gasteiger partial charge in [0.25, 0.3) is 0 Å². The molecule has 1 nitrogen and oxygen atoms in total. The molecular formula is C16H23N. The van der Waals surface area contributed by atoms with E-state index in [4.69, 9.17) is 0 Å². The molecule has 0 aromatic heterocycles. The van der Waals surface area contributed by atoms with Gasteiger partial charge in [-0.3, -0.25) is 0 Å². The van der Waals surface area contributed by atoms with Gasteiger partial charge in [0.05, 0.1) is 0 Å². The maximum absolute atomic E-state index is 3.70. The van der Waals surface area contributed by atoms with Crippen LogP contribution in [-0.4, -0.2) is 0 Å². The van der Waals surface area contributed by atoms with Gasteiger partial charge in [0, 0.05) is 11.7 Å². The van der Waals surface area contributed by atoms with E-state index >= 15 is 0 Å². The Morgan fingerprint density at radius 2 is 1.71 bits per heavy atom. The van der Waals surface area contributed by atoms with Gasteiger partial charge in [0.2, 0.25) is 0 Å². The van der Waals surface area contributed by atoms with E-state index in [1.807, 2.05) is 0 Å². The summed E-state index contributed by atoms with van der Waals surface area (Å²) in [5, 5.41) is 3.70. The van der Waals surface area contributed by atoms with E-state index in [2.05, 4.69) is 49.5 Å². The number of hydrogen-bond donors (Lipinski definition) is 1. The third-order valence-corrected chi connectivity index (χ3v) is 3.68. The van der Waals surface area contributed by atoms with E-state index in [0.717, 1.165) is 0 Å². The molecule has 1 N–H and O–H groups in total. The van der Waals surface area contributed by atoms with Gasteiger partial charge in [-0.2, -0.15) is 0 Å². The Bertz CT molecular complexity index is 378. The van der Waals surface area contributed by atoms with Crippen molar-refractivity contribution in [2.45, 2.75) is 52.0 Å². The fourth-order valence-electron chi connectivity index (χ4n) is 2.51. The van der Waals surface area contributed by atoms with Crippen molar-refractivity contribution in [3.63, 3.8) is 0 Å². The summed E-state index contributed by atoms with van der Waals surface area (Å²) in [7, 11) is 0. The molecule has 0 bridgehead atoms. The standard InChI is InChI=1S/C16H23N/c1-13-9-5-3-8-12-16(13)17-14(2)15-10-6-4-7-11-15/h4,6-7,10-11,14,17H,3,5,8-9,12H2,1-2H3/t14-/m0/s1. The molecule has 0 heterocycles. The van der Waals surface area contributed by atoms with Gasteiger partial charge in [0.15, 0.2) is 0 Å². The lowest BCUT2D eigenvalue weighted by Crippen LogP contribution is -2.19. The van der Waals surface area contributed by atoms with Crippen LogP contribution in [0.5, 0.6) is 0 Å². The lowest BCUT2D eigenvalue weighted by atomic mass is 10.1. The summed E-state index contributed by atoms with van der Waals surface area (Å²) in [5.74, 6) is 0. The molecule has 1 atom stereocenters. The van der Waals surface area contributed by atoms with Crippen LogP contribution in [0.15, 0.2) is 41.6 Å². The van der Waals surface area contributed by atoms with Gasteiger partial charge in [-0.25, -0.2) is 0 Å². The number of nitrogens with one attached hydrogen (secondary N) is 1. The van der Waals surface area contributed by atoms with Gasteiger partial charge < -0.3 is 5.32 Å². The van der Waals surface area contributed by atoms with Crippen LogP contribution in [0.2, 0.25) is 0 Å². The molecule has 0 aliphatic heterocycles. The Kier molecular flexibility index (Phi) is 4.24. The minimum Gasteiger partial charge on any atom is -0.382 e. The first-order valence-electron chi connectivity index (χ1n) is 6.77. The van der Waals surface area contributed by atoms with E-state index in [1.165, 1.54) is 43.4 Å². The van der Waals surface area contributed by atoms with Crippen molar-refractivity contribution in [3.05, 3.63) is 47.2 Å². The smallest absolute Gasteiger partial charge is 0.0482 e. The molecule has 0 radical (unpaired) electrons. The maximum Gasteiger partial charge on any atom is 0.0482 e. The Morgan fingerprint density at radius 3 is 2.47 bits per heavy atom. The van der Waals surface area contributed by atoms with Gasteiger partial charge in [0.1, 0.15) is 0 Å². The predicted octanol–water partition coefficient (Wildman–Crippen LogP) is 4.58. The van der Waals surface area contributed by atoms with Crippen LogP contribution in [0.1, 0.15) is 57.6 Å². The van der Waals surface area contributed by atoms with E-state index in [1.54, 1.807) is 5.57 Å². The summed E-state index contributed by atoms with van der Waals surface area (Å²) in [6, 6.07) is 11.1. The van der Waals surface area contributed by atoms with E-state index in [-0.39, 0.29) is 0 Å². The maximum atomic E-state index is 3.70. The Morgan fingerprint density at radius 1 is 1.00 bits per heavy atom. The number of hydrogen-bond acceptors (Lipinski definition) is 1.